The Morgan fingerprint density at radius 2 is 2.00 bits per heavy atom. The summed E-state index contributed by atoms with van der Waals surface area (Å²) in [7, 11) is 1.70. The van der Waals surface area contributed by atoms with Crippen molar-refractivity contribution in [2.75, 3.05) is 7.11 Å². The molecule has 0 aliphatic heterocycles. The Labute approximate surface area is 123 Å². The van der Waals surface area contributed by atoms with Gasteiger partial charge in [0.1, 0.15) is 5.75 Å². The van der Waals surface area contributed by atoms with Crippen molar-refractivity contribution in [2.45, 2.75) is 58.5 Å². The van der Waals surface area contributed by atoms with E-state index in [1.807, 2.05) is 19.9 Å². The smallest absolute Gasteiger partial charge is 0.126 e. The summed E-state index contributed by atoms with van der Waals surface area (Å²) in [6, 6.07) is 6.34. The van der Waals surface area contributed by atoms with Crippen molar-refractivity contribution in [2.24, 2.45) is 0 Å². The normalized spacial score (nSPS) is 12.3. The summed E-state index contributed by atoms with van der Waals surface area (Å²) in [6.07, 6.45) is 7.06. The van der Waals surface area contributed by atoms with Gasteiger partial charge in [0.2, 0.25) is 0 Å². The first kappa shape index (κ1) is 16.8. The zero-order valence-corrected chi connectivity index (χ0v) is 13.4. The molecule has 20 heavy (non-hydrogen) atoms. The van der Waals surface area contributed by atoms with Crippen LogP contribution in [0.5, 0.6) is 5.75 Å². The Kier molecular flexibility index (Phi) is 6.28. The van der Waals surface area contributed by atoms with Crippen LogP contribution >= 0.6 is 0 Å². The standard InChI is InChI=1S/C18H28O2/c1-14(2)15-10-11-17(20-5)16(13-15)9-7-6-8-12-18(3,4)19/h7,9-11,13-14,19H,6,8,12H2,1-5H3. The number of aliphatic hydroxyl groups is 1. The molecule has 0 atom stereocenters. The van der Waals surface area contributed by atoms with Gasteiger partial charge in [-0.3, -0.25) is 0 Å². The summed E-state index contributed by atoms with van der Waals surface area (Å²) in [5, 5.41) is 9.67. The van der Waals surface area contributed by atoms with E-state index in [9.17, 15) is 5.11 Å². The van der Waals surface area contributed by atoms with E-state index in [1.54, 1.807) is 7.11 Å². The third-order valence-corrected chi connectivity index (χ3v) is 3.38. The van der Waals surface area contributed by atoms with Gasteiger partial charge in [-0.1, -0.05) is 32.1 Å². The van der Waals surface area contributed by atoms with Crippen LogP contribution in [0.15, 0.2) is 24.3 Å². The molecule has 2 nitrogen and oxygen atoms in total. The SMILES string of the molecule is COc1ccc(C(C)C)cc1C=CCCCC(C)(C)O. The van der Waals surface area contributed by atoms with E-state index in [1.165, 1.54) is 5.56 Å². The van der Waals surface area contributed by atoms with Gasteiger partial charge in [-0.05, 0) is 56.7 Å². The molecule has 0 saturated carbocycles. The maximum Gasteiger partial charge on any atom is 0.126 e. The predicted molar refractivity (Wildman–Crippen MR) is 86.3 cm³/mol. The monoisotopic (exact) mass is 276 g/mol. The summed E-state index contributed by atoms with van der Waals surface area (Å²) in [6.45, 7) is 8.09. The maximum atomic E-state index is 9.67. The fraction of sp³-hybridized carbons (Fsp3) is 0.556. The summed E-state index contributed by atoms with van der Waals surface area (Å²) in [4.78, 5) is 0. The van der Waals surface area contributed by atoms with Gasteiger partial charge in [-0.25, -0.2) is 0 Å². The lowest BCUT2D eigenvalue weighted by Crippen LogP contribution is -2.17. The fourth-order valence-corrected chi connectivity index (χ4v) is 2.11. The number of ether oxygens (including phenoxy) is 1. The molecule has 0 aromatic heterocycles. The average molecular weight is 276 g/mol. The Morgan fingerprint density at radius 3 is 2.55 bits per heavy atom. The van der Waals surface area contributed by atoms with E-state index in [-0.39, 0.29) is 0 Å². The van der Waals surface area contributed by atoms with Crippen molar-refractivity contribution in [1.29, 1.82) is 0 Å². The number of benzene rings is 1. The lowest BCUT2D eigenvalue weighted by Gasteiger charge is -2.15. The molecule has 0 spiro atoms. The fourth-order valence-electron chi connectivity index (χ4n) is 2.11. The average Bonchev–Trinajstić information content (AvgIpc) is 2.36. The Balaban J connectivity index is 2.67. The molecule has 0 unspecified atom stereocenters. The van der Waals surface area contributed by atoms with Gasteiger partial charge in [0.25, 0.3) is 0 Å². The van der Waals surface area contributed by atoms with Gasteiger partial charge in [0.05, 0.1) is 12.7 Å². The van der Waals surface area contributed by atoms with Crippen molar-refractivity contribution in [1.82, 2.24) is 0 Å². The zero-order valence-electron chi connectivity index (χ0n) is 13.4. The van der Waals surface area contributed by atoms with E-state index < -0.39 is 5.60 Å². The molecule has 0 fully saturated rings. The number of rotatable bonds is 7. The van der Waals surface area contributed by atoms with Crippen molar-refractivity contribution >= 4 is 6.08 Å². The summed E-state index contributed by atoms with van der Waals surface area (Å²) in [5.74, 6) is 1.43. The minimum absolute atomic E-state index is 0.517. The Hall–Kier alpha value is -1.28. The van der Waals surface area contributed by atoms with Gasteiger partial charge >= 0.3 is 0 Å². The topological polar surface area (TPSA) is 29.5 Å². The summed E-state index contributed by atoms with van der Waals surface area (Å²) < 4.78 is 5.40. The van der Waals surface area contributed by atoms with Crippen LogP contribution in [0.2, 0.25) is 0 Å². The first-order chi connectivity index (χ1) is 9.33. The molecule has 0 amide bonds. The van der Waals surface area contributed by atoms with E-state index in [0.29, 0.717) is 5.92 Å². The summed E-state index contributed by atoms with van der Waals surface area (Å²) in [5.41, 5.74) is 1.88. The second-order valence-electron chi connectivity index (χ2n) is 6.26. The van der Waals surface area contributed by atoms with E-state index >= 15 is 0 Å². The van der Waals surface area contributed by atoms with Crippen LogP contribution in [-0.4, -0.2) is 17.8 Å². The van der Waals surface area contributed by atoms with Crippen LogP contribution < -0.4 is 4.74 Å². The molecule has 1 aromatic rings. The van der Waals surface area contributed by atoms with E-state index in [2.05, 4.69) is 38.1 Å². The van der Waals surface area contributed by atoms with Crippen LogP contribution in [-0.2, 0) is 0 Å². The predicted octanol–water partition coefficient (Wildman–Crippen LogP) is 4.77. The highest BCUT2D eigenvalue weighted by molar-refractivity contribution is 5.58. The first-order valence-corrected chi connectivity index (χ1v) is 7.40. The van der Waals surface area contributed by atoms with Crippen LogP contribution in [0.3, 0.4) is 0 Å². The largest absolute Gasteiger partial charge is 0.496 e. The van der Waals surface area contributed by atoms with Crippen molar-refractivity contribution < 1.29 is 9.84 Å². The molecule has 0 aliphatic rings. The molecule has 0 aliphatic carbocycles. The third kappa shape index (κ3) is 5.79. The quantitative estimate of drug-likeness (QED) is 0.727. The highest BCUT2D eigenvalue weighted by atomic mass is 16.5. The van der Waals surface area contributed by atoms with Crippen LogP contribution in [0.25, 0.3) is 6.08 Å². The Morgan fingerprint density at radius 1 is 1.30 bits per heavy atom. The van der Waals surface area contributed by atoms with Crippen LogP contribution in [0, 0.1) is 0 Å². The molecule has 1 rings (SSSR count). The molecular formula is C18H28O2. The van der Waals surface area contributed by atoms with Gasteiger partial charge in [-0.15, -0.1) is 0 Å². The highest BCUT2D eigenvalue weighted by Gasteiger charge is 2.10. The number of hydrogen-bond donors (Lipinski definition) is 1. The highest BCUT2D eigenvalue weighted by Crippen LogP contribution is 2.25. The summed E-state index contributed by atoms with van der Waals surface area (Å²) >= 11 is 0. The second-order valence-corrected chi connectivity index (χ2v) is 6.26. The number of methoxy groups -OCH3 is 1. The first-order valence-electron chi connectivity index (χ1n) is 7.40. The van der Waals surface area contributed by atoms with Gasteiger partial charge in [-0.2, -0.15) is 0 Å². The zero-order chi connectivity index (χ0) is 15.2. The molecule has 0 saturated heterocycles. The van der Waals surface area contributed by atoms with Crippen molar-refractivity contribution in [3.8, 4) is 5.75 Å². The maximum absolute atomic E-state index is 9.67. The lowest BCUT2D eigenvalue weighted by atomic mass is 9.99. The van der Waals surface area contributed by atoms with E-state index in [4.69, 9.17) is 4.74 Å². The number of allylic oxidation sites excluding steroid dienone is 1. The minimum Gasteiger partial charge on any atom is -0.496 e. The molecule has 0 bridgehead atoms. The van der Waals surface area contributed by atoms with E-state index in [0.717, 1.165) is 30.6 Å². The lowest BCUT2D eigenvalue weighted by molar-refractivity contribution is 0.0691. The molecule has 1 aromatic carbocycles. The second kappa shape index (κ2) is 7.49. The van der Waals surface area contributed by atoms with Crippen molar-refractivity contribution in [3.63, 3.8) is 0 Å². The molecule has 112 valence electrons. The van der Waals surface area contributed by atoms with Gasteiger partial charge in [0.15, 0.2) is 0 Å². The molecular weight excluding hydrogens is 248 g/mol. The third-order valence-electron chi connectivity index (χ3n) is 3.38. The van der Waals surface area contributed by atoms with Gasteiger partial charge in [0, 0.05) is 5.56 Å². The molecule has 0 radical (unpaired) electrons. The van der Waals surface area contributed by atoms with Gasteiger partial charge < -0.3 is 9.84 Å². The molecule has 2 heteroatoms. The van der Waals surface area contributed by atoms with Crippen molar-refractivity contribution in [3.05, 3.63) is 35.4 Å². The molecule has 0 heterocycles. The Bertz CT molecular complexity index is 439. The number of hydrogen-bond acceptors (Lipinski definition) is 2. The number of unbranched alkanes of at least 4 members (excludes halogenated alkanes) is 1. The van der Waals surface area contributed by atoms with Crippen LogP contribution in [0.4, 0.5) is 0 Å². The molecule has 1 N–H and O–H groups in total. The minimum atomic E-state index is -0.566. The van der Waals surface area contributed by atoms with Crippen LogP contribution in [0.1, 0.15) is 64.0 Å².